The summed E-state index contributed by atoms with van der Waals surface area (Å²) in [6, 6.07) is 12.3. The van der Waals surface area contributed by atoms with Crippen LogP contribution in [0.1, 0.15) is 30.3 Å². The lowest BCUT2D eigenvalue weighted by Gasteiger charge is -2.25. The van der Waals surface area contributed by atoms with Crippen LogP contribution in [0.5, 0.6) is 0 Å². The Morgan fingerprint density at radius 3 is 2.55 bits per heavy atom. The molecule has 0 saturated heterocycles. The zero-order chi connectivity index (χ0) is 14.5. The highest BCUT2D eigenvalue weighted by atomic mass is 35.5. The normalized spacial score (nSPS) is 14.4. The Morgan fingerprint density at radius 1 is 1.20 bits per heavy atom. The molecule has 1 aromatic heterocycles. The minimum Gasteiger partial charge on any atom is -0.468 e. The van der Waals surface area contributed by atoms with Crippen molar-refractivity contribution in [3.8, 4) is 0 Å². The van der Waals surface area contributed by atoms with Crippen molar-refractivity contribution < 1.29 is 4.42 Å². The number of benzene rings is 1. The molecule has 1 heterocycles. The van der Waals surface area contributed by atoms with Gasteiger partial charge in [0.05, 0.1) is 12.3 Å². The maximum atomic E-state index is 6.23. The van der Waals surface area contributed by atoms with Gasteiger partial charge in [-0.2, -0.15) is 0 Å². The van der Waals surface area contributed by atoms with E-state index in [0.29, 0.717) is 0 Å². The molecule has 3 nitrogen and oxygen atoms in total. The molecule has 0 aliphatic heterocycles. The van der Waals surface area contributed by atoms with Crippen molar-refractivity contribution in [2.24, 2.45) is 0 Å². The van der Waals surface area contributed by atoms with Crippen LogP contribution in [-0.2, 0) is 0 Å². The largest absolute Gasteiger partial charge is 0.468 e. The smallest absolute Gasteiger partial charge is 0.122 e. The van der Waals surface area contributed by atoms with E-state index in [-0.39, 0.29) is 12.1 Å². The average Bonchev–Trinajstić information content (AvgIpc) is 2.92. The molecule has 2 aromatic rings. The first kappa shape index (κ1) is 15.1. The van der Waals surface area contributed by atoms with E-state index in [1.807, 2.05) is 30.3 Å². The number of hydrogen-bond donors (Lipinski definition) is 1. The number of rotatable bonds is 6. The maximum absolute atomic E-state index is 6.23. The topological polar surface area (TPSA) is 28.4 Å². The van der Waals surface area contributed by atoms with Crippen molar-refractivity contribution in [2.45, 2.75) is 19.0 Å². The predicted octanol–water partition coefficient (Wildman–Crippen LogP) is 3.89. The summed E-state index contributed by atoms with van der Waals surface area (Å²) in [4.78, 5) is 2.14. The van der Waals surface area contributed by atoms with E-state index in [1.54, 1.807) is 6.26 Å². The van der Waals surface area contributed by atoms with Crippen LogP contribution in [0.4, 0.5) is 0 Å². The fourth-order valence-corrected chi connectivity index (χ4v) is 2.54. The molecule has 0 spiro atoms. The summed E-state index contributed by atoms with van der Waals surface area (Å²) < 4.78 is 5.51. The first-order chi connectivity index (χ1) is 9.59. The lowest BCUT2D eigenvalue weighted by Crippen LogP contribution is -2.32. The number of nitrogens with one attached hydrogen (secondary N) is 1. The minimum atomic E-state index is 0.195. The summed E-state index contributed by atoms with van der Waals surface area (Å²) in [5.74, 6) is 0.967. The van der Waals surface area contributed by atoms with E-state index in [2.05, 4.69) is 37.3 Å². The van der Waals surface area contributed by atoms with E-state index < -0.39 is 0 Å². The van der Waals surface area contributed by atoms with Gasteiger partial charge in [0.25, 0.3) is 0 Å². The van der Waals surface area contributed by atoms with E-state index >= 15 is 0 Å². The lowest BCUT2D eigenvalue weighted by atomic mass is 10.1. The zero-order valence-electron chi connectivity index (χ0n) is 12.1. The molecule has 0 radical (unpaired) electrons. The fraction of sp³-hybridized carbons (Fsp3) is 0.375. The molecule has 0 aliphatic carbocycles. The van der Waals surface area contributed by atoms with Crippen molar-refractivity contribution in [3.05, 3.63) is 59.0 Å². The Hall–Kier alpha value is -1.29. The van der Waals surface area contributed by atoms with Gasteiger partial charge >= 0.3 is 0 Å². The molecule has 1 N–H and O–H groups in total. The van der Waals surface area contributed by atoms with Gasteiger partial charge in [0.2, 0.25) is 0 Å². The SMILES string of the molecule is CC(NCC(c1ccco1)N(C)C)c1ccccc1Cl. The Labute approximate surface area is 125 Å². The molecular formula is C16H21ClN2O. The summed E-state index contributed by atoms with van der Waals surface area (Å²) in [6.07, 6.45) is 1.71. The van der Waals surface area contributed by atoms with Gasteiger partial charge in [-0.1, -0.05) is 29.8 Å². The van der Waals surface area contributed by atoms with E-state index in [1.165, 1.54) is 0 Å². The molecule has 0 aliphatic rings. The third kappa shape index (κ3) is 3.63. The molecule has 0 fully saturated rings. The van der Waals surface area contributed by atoms with Crippen molar-refractivity contribution in [3.63, 3.8) is 0 Å². The van der Waals surface area contributed by atoms with Crippen LogP contribution in [0.25, 0.3) is 0 Å². The van der Waals surface area contributed by atoms with Crippen LogP contribution in [0.15, 0.2) is 47.1 Å². The Kier molecular flexibility index (Phi) is 5.24. The second-order valence-electron chi connectivity index (χ2n) is 5.15. The summed E-state index contributed by atoms with van der Waals surface area (Å²) >= 11 is 6.23. The highest BCUT2D eigenvalue weighted by molar-refractivity contribution is 6.31. The van der Waals surface area contributed by atoms with E-state index in [4.69, 9.17) is 16.0 Å². The van der Waals surface area contributed by atoms with Gasteiger partial charge in [0.15, 0.2) is 0 Å². The van der Waals surface area contributed by atoms with Gasteiger partial charge in [-0.05, 0) is 44.8 Å². The van der Waals surface area contributed by atoms with Gasteiger partial charge in [-0.15, -0.1) is 0 Å². The van der Waals surface area contributed by atoms with Gasteiger partial charge in [-0.3, -0.25) is 4.90 Å². The molecule has 2 atom stereocenters. The molecule has 1 aromatic carbocycles. The van der Waals surface area contributed by atoms with E-state index in [0.717, 1.165) is 22.9 Å². The molecule has 0 bridgehead atoms. The molecular weight excluding hydrogens is 272 g/mol. The second-order valence-corrected chi connectivity index (χ2v) is 5.55. The third-order valence-electron chi connectivity index (χ3n) is 3.48. The number of likely N-dealkylation sites (N-methyl/N-ethyl adjacent to an activating group) is 1. The number of nitrogens with zero attached hydrogens (tertiary/aromatic N) is 1. The van der Waals surface area contributed by atoms with Gasteiger partial charge in [0, 0.05) is 17.6 Å². The van der Waals surface area contributed by atoms with Crippen molar-refractivity contribution >= 4 is 11.6 Å². The van der Waals surface area contributed by atoms with E-state index in [9.17, 15) is 0 Å². The van der Waals surface area contributed by atoms with Crippen molar-refractivity contribution in [2.75, 3.05) is 20.6 Å². The van der Waals surface area contributed by atoms with Crippen molar-refractivity contribution in [1.29, 1.82) is 0 Å². The second kappa shape index (κ2) is 6.93. The maximum Gasteiger partial charge on any atom is 0.122 e. The molecule has 2 rings (SSSR count). The van der Waals surface area contributed by atoms with Crippen LogP contribution >= 0.6 is 11.6 Å². The van der Waals surface area contributed by atoms with Crippen LogP contribution < -0.4 is 5.32 Å². The zero-order valence-corrected chi connectivity index (χ0v) is 12.9. The van der Waals surface area contributed by atoms with Crippen LogP contribution in [0.2, 0.25) is 5.02 Å². The standard InChI is InChI=1S/C16H21ClN2O/c1-12(13-7-4-5-8-14(13)17)18-11-15(19(2)3)16-9-6-10-20-16/h4-10,12,15,18H,11H2,1-3H3. The van der Waals surface area contributed by atoms with Crippen LogP contribution in [-0.4, -0.2) is 25.5 Å². The molecule has 108 valence electrons. The highest BCUT2D eigenvalue weighted by Crippen LogP contribution is 2.24. The summed E-state index contributed by atoms with van der Waals surface area (Å²) in [7, 11) is 4.10. The highest BCUT2D eigenvalue weighted by Gasteiger charge is 2.18. The number of furan rings is 1. The van der Waals surface area contributed by atoms with Crippen molar-refractivity contribution in [1.82, 2.24) is 10.2 Å². The average molecular weight is 293 g/mol. The fourth-order valence-electron chi connectivity index (χ4n) is 2.24. The predicted molar refractivity (Wildman–Crippen MR) is 83.0 cm³/mol. The Bertz CT molecular complexity index is 525. The minimum absolute atomic E-state index is 0.195. The Balaban J connectivity index is 2.01. The summed E-state index contributed by atoms with van der Waals surface area (Å²) in [5.41, 5.74) is 1.12. The quantitative estimate of drug-likeness (QED) is 0.876. The van der Waals surface area contributed by atoms with Gasteiger partial charge < -0.3 is 9.73 Å². The van der Waals surface area contributed by atoms with Gasteiger partial charge in [-0.25, -0.2) is 0 Å². The molecule has 2 unspecified atom stereocenters. The lowest BCUT2D eigenvalue weighted by molar-refractivity contribution is 0.245. The Morgan fingerprint density at radius 2 is 1.95 bits per heavy atom. The molecule has 20 heavy (non-hydrogen) atoms. The molecule has 0 amide bonds. The number of hydrogen-bond acceptors (Lipinski definition) is 3. The summed E-state index contributed by atoms with van der Waals surface area (Å²) in [6.45, 7) is 2.92. The monoisotopic (exact) mass is 292 g/mol. The first-order valence-corrected chi connectivity index (χ1v) is 7.15. The summed E-state index contributed by atoms with van der Waals surface area (Å²) in [5, 5.41) is 4.32. The van der Waals surface area contributed by atoms with Crippen LogP contribution in [0.3, 0.4) is 0 Å². The third-order valence-corrected chi connectivity index (χ3v) is 3.83. The molecule has 4 heteroatoms. The van der Waals surface area contributed by atoms with Gasteiger partial charge in [0.1, 0.15) is 5.76 Å². The van der Waals surface area contributed by atoms with Crippen LogP contribution in [0, 0.1) is 0 Å². The first-order valence-electron chi connectivity index (χ1n) is 6.77. The molecule has 0 saturated carbocycles. The number of halogens is 1.